The summed E-state index contributed by atoms with van der Waals surface area (Å²) in [6.45, 7) is 4.32. The maximum atomic E-state index is 14.0. The van der Waals surface area contributed by atoms with Crippen LogP contribution in [0.15, 0.2) is 12.1 Å². The highest BCUT2D eigenvalue weighted by molar-refractivity contribution is 7.15. The fourth-order valence-electron chi connectivity index (χ4n) is 2.71. The van der Waals surface area contributed by atoms with Gasteiger partial charge >= 0.3 is 0 Å². The van der Waals surface area contributed by atoms with Crippen molar-refractivity contribution in [2.45, 2.75) is 39.0 Å². The summed E-state index contributed by atoms with van der Waals surface area (Å²) < 4.78 is 32.5. The van der Waals surface area contributed by atoms with Crippen LogP contribution in [0.3, 0.4) is 0 Å². The summed E-state index contributed by atoms with van der Waals surface area (Å²) >= 11 is 1.12. The molecule has 3 heterocycles. The van der Waals surface area contributed by atoms with Crippen LogP contribution in [0.4, 0.5) is 13.9 Å². The number of hydrogen-bond donors (Lipinski definition) is 1. The van der Waals surface area contributed by atoms with Gasteiger partial charge in [-0.25, -0.2) is 0 Å². The molecule has 7 nitrogen and oxygen atoms in total. The maximum Gasteiger partial charge on any atom is 0.233 e. The van der Waals surface area contributed by atoms with Gasteiger partial charge in [0.1, 0.15) is 6.10 Å². The summed E-state index contributed by atoms with van der Waals surface area (Å²) in [5.41, 5.74) is 0. The van der Waals surface area contributed by atoms with Crippen molar-refractivity contribution in [3.63, 3.8) is 0 Å². The predicted octanol–water partition coefficient (Wildman–Crippen LogP) is 2.21. The zero-order valence-corrected chi connectivity index (χ0v) is 14.5. The molecule has 2 aromatic rings. The minimum Gasteiger partial charge on any atom is -0.472 e. The molecule has 1 amide bonds. The summed E-state index contributed by atoms with van der Waals surface area (Å²) in [4.78, 5) is 17.3. The first kappa shape index (κ1) is 17.6. The second kappa shape index (κ2) is 7.36. The third kappa shape index (κ3) is 4.45. The normalized spacial score (nSPS) is 20.6. The Bertz CT molecular complexity index is 755. The molecular formula is C15H17F2N5O2S. The van der Waals surface area contributed by atoms with Gasteiger partial charge in [-0.2, -0.15) is 13.8 Å². The van der Waals surface area contributed by atoms with Gasteiger partial charge in [0.15, 0.2) is 5.13 Å². The van der Waals surface area contributed by atoms with Gasteiger partial charge in [0, 0.05) is 44.6 Å². The number of rotatable bonds is 5. The Labute approximate surface area is 147 Å². The molecule has 25 heavy (non-hydrogen) atoms. The minimum atomic E-state index is -0.663. The van der Waals surface area contributed by atoms with E-state index in [-0.39, 0.29) is 29.1 Å². The molecule has 0 radical (unpaired) electrons. The third-order valence-electron chi connectivity index (χ3n) is 3.84. The average molecular weight is 369 g/mol. The lowest BCUT2D eigenvalue weighted by atomic mass is 10.2. The van der Waals surface area contributed by atoms with Gasteiger partial charge in [-0.3, -0.25) is 9.69 Å². The number of likely N-dealkylation sites (tertiary alicyclic amines) is 1. The van der Waals surface area contributed by atoms with E-state index in [2.05, 4.69) is 25.4 Å². The van der Waals surface area contributed by atoms with Crippen LogP contribution in [0.5, 0.6) is 5.88 Å². The van der Waals surface area contributed by atoms with Crippen molar-refractivity contribution < 1.29 is 18.3 Å². The molecule has 2 aromatic heterocycles. The van der Waals surface area contributed by atoms with Crippen LogP contribution in [-0.4, -0.2) is 44.7 Å². The molecule has 1 saturated heterocycles. The maximum absolute atomic E-state index is 14.0. The molecule has 1 fully saturated rings. The van der Waals surface area contributed by atoms with Gasteiger partial charge in [-0.1, -0.05) is 11.3 Å². The van der Waals surface area contributed by atoms with E-state index in [0.29, 0.717) is 18.0 Å². The van der Waals surface area contributed by atoms with E-state index in [1.165, 1.54) is 19.1 Å². The van der Waals surface area contributed by atoms with Crippen molar-refractivity contribution >= 4 is 22.4 Å². The van der Waals surface area contributed by atoms with E-state index < -0.39 is 11.9 Å². The molecule has 1 aliphatic heterocycles. The predicted molar refractivity (Wildman–Crippen MR) is 87.3 cm³/mol. The molecule has 0 saturated carbocycles. The number of hydrogen-bond acceptors (Lipinski definition) is 7. The molecule has 0 aromatic carbocycles. The Kier molecular flexibility index (Phi) is 5.19. The highest BCUT2D eigenvalue weighted by Gasteiger charge is 2.32. The van der Waals surface area contributed by atoms with Crippen molar-refractivity contribution in [1.82, 2.24) is 20.1 Å². The molecule has 0 aliphatic carbocycles. The van der Waals surface area contributed by atoms with E-state index in [0.717, 1.165) is 17.8 Å². The van der Waals surface area contributed by atoms with Gasteiger partial charge in [0.05, 0.1) is 4.88 Å². The average Bonchev–Trinajstić information content (AvgIpc) is 3.04. The molecule has 0 spiro atoms. The number of halogens is 2. The van der Waals surface area contributed by atoms with Crippen LogP contribution in [0.2, 0.25) is 0 Å². The largest absolute Gasteiger partial charge is 0.472 e. The number of thiazole rings is 1. The lowest BCUT2D eigenvalue weighted by molar-refractivity contribution is -0.114. The summed E-state index contributed by atoms with van der Waals surface area (Å²) in [7, 11) is 0. The van der Waals surface area contributed by atoms with Crippen LogP contribution >= 0.6 is 11.3 Å². The Balaban J connectivity index is 1.61. The zero-order valence-electron chi connectivity index (χ0n) is 13.7. The molecule has 0 bridgehead atoms. The first-order valence-electron chi connectivity index (χ1n) is 7.73. The highest BCUT2D eigenvalue weighted by atomic mass is 32.1. The first-order chi connectivity index (χ1) is 11.9. The molecule has 1 aliphatic rings. The van der Waals surface area contributed by atoms with Crippen LogP contribution < -0.4 is 10.1 Å². The summed E-state index contributed by atoms with van der Waals surface area (Å²) in [5.74, 6) is -1.26. The number of nitrogens with zero attached hydrogens (tertiary/aromatic N) is 4. The van der Waals surface area contributed by atoms with Crippen molar-refractivity contribution in [2.24, 2.45) is 0 Å². The molecule has 2 atom stereocenters. The van der Waals surface area contributed by atoms with Gasteiger partial charge in [-0.15, -0.1) is 10.2 Å². The van der Waals surface area contributed by atoms with Crippen molar-refractivity contribution in [2.75, 3.05) is 11.9 Å². The van der Waals surface area contributed by atoms with Crippen molar-refractivity contribution in [3.05, 3.63) is 28.9 Å². The number of aromatic nitrogens is 3. The van der Waals surface area contributed by atoms with E-state index in [9.17, 15) is 13.6 Å². The molecule has 134 valence electrons. The second-order valence-corrected chi connectivity index (χ2v) is 6.95. The van der Waals surface area contributed by atoms with Crippen LogP contribution in [0.1, 0.15) is 25.1 Å². The molecule has 0 unspecified atom stereocenters. The molecule has 1 N–H and O–H groups in total. The standard InChI is InChI=1S/C15H17F2N5O2S/c1-8-5-10(24-13-4-3-12(16)20-21-13)6-22(8)7-11-14(17)19-15(25-11)18-9(2)23/h3-4,8,10H,5-7H2,1-2H3,(H,18,19,23)/t8-,10+/m0/s1. The fraction of sp³-hybridized carbons (Fsp3) is 0.467. The lowest BCUT2D eigenvalue weighted by Crippen LogP contribution is -2.28. The molecule has 3 rings (SSSR count). The smallest absolute Gasteiger partial charge is 0.233 e. The number of carbonyl (C=O) groups is 1. The van der Waals surface area contributed by atoms with E-state index in [4.69, 9.17) is 4.74 Å². The minimum absolute atomic E-state index is 0.138. The Morgan fingerprint density at radius 2 is 2.24 bits per heavy atom. The topological polar surface area (TPSA) is 80.2 Å². The summed E-state index contributed by atoms with van der Waals surface area (Å²) in [5, 5.41) is 9.70. The second-order valence-electron chi connectivity index (χ2n) is 5.86. The van der Waals surface area contributed by atoms with E-state index >= 15 is 0 Å². The zero-order chi connectivity index (χ0) is 18.0. The number of nitrogens with one attached hydrogen (secondary N) is 1. The fourth-order valence-corrected chi connectivity index (χ4v) is 3.62. The molecular weight excluding hydrogens is 352 g/mol. The van der Waals surface area contributed by atoms with Gasteiger partial charge in [-0.05, 0) is 6.92 Å². The van der Waals surface area contributed by atoms with Gasteiger partial charge in [0.25, 0.3) is 0 Å². The van der Waals surface area contributed by atoms with Crippen LogP contribution in [0.25, 0.3) is 0 Å². The third-order valence-corrected chi connectivity index (χ3v) is 4.77. The van der Waals surface area contributed by atoms with Crippen LogP contribution in [0, 0.1) is 11.9 Å². The summed E-state index contributed by atoms with van der Waals surface area (Å²) in [6, 6.07) is 2.79. The van der Waals surface area contributed by atoms with Gasteiger partial charge < -0.3 is 10.1 Å². The first-order valence-corrected chi connectivity index (χ1v) is 8.55. The Hall–Kier alpha value is -2.20. The SMILES string of the molecule is CC(=O)Nc1nc(F)c(CN2C[C@H](Oc3ccc(F)nn3)C[C@@H]2C)s1. The number of amides is 1. The Morgan fingerprint density at radius 1 is 1.44 bits per heavy atom. The quantitative estimate of drug-likeness (QED) is 0.870. The number of anilines is 1. The Morgan fingerprint density at radius 3 is 2.92 bits per heavy atom. The summed E-state index contributed by atoms with van der Waals surface area (Å²) in [6.07, 6.45) is 0.596. The van der Waals surface area contributed by atoms with Gasteiger partial charge in [0.2, 0.25) is 23.7 Å². The number of ether oxygens (including phenoxy) is 1. The van der Waals surface area contributed by atoms with E-state index in [1.54, 1.807) is 0 Å². The van der Waals surface area contributed by atoms with Crippen molar-refractivity contribution in [1.29, 1.82) is 0 Å². The molecule has 10 heteroatoms. The highest BCUT2D eigenvalue weighted by Crippen LogP contribution is 2.28. The van der Waals surface area contributed by atoms with E-state index in [1.807, 2.05) is 6.92 Å². The van der Waals surface area contributed by atoms with Crippen molar-refractivity contribution in [3.8, 4) is 5.88 Å². The van der Waals surface area contributed by atoms with Crippen LogP contribution in [-0.2, 0) is 11.3 Å². The monoisotopic (exact) mass is 369 g/mol. The number of carbonyl (C=O) groups excluding carboxylic acids is 1. The lowest BCUT2D eigenvalue weighted by Gasteiger charge is -2.19.